The Morgan fingerprint density at radius 1 is 1.05 bits per heavy atom. The molecule has 0 aliphatic carbocycles. The predicted molar refractivity (Wildman–Crippen MR) is 146 cm³/mol. The molecule has 2 heterocycles. The van der Waals surface area contributed by atoms with E-state index in [1.165, 1.54) is 22.7 Å². The minimum atomic E-state index is -3.41. The molecule has 5 rings (SSSR count). The number of hydrogen-bond donors (Lipinski definition) is 1. The summed E-state index contributed by atoms with van der Waals surface area (Å²) in [5, 5.41) is 3.66. The number of fused-ring (bicyclic) bond motifs is 2. The molecular formula is C27H25N3O5S2. The fraction of sp³-hybridized carbons (Fsp3) is 0.185. The van der Waals surface area contributed by atoms with Gasteiger partial charge >= 0.3 is 0 Å². The monoisotopic (exact) mass is 535 g/mol. The molecule has 0 bridgehead atoms. The first kappa shape index (κ1) is 24.8. The van der Waals surface area contributed by atoms with Gasteiger partial charge in [-0.2, -0.15) is 0 Å². The van der Waals surface area contributed by atoms with Crippen LogP contribution in [0.4, 0.5) is 11.4 Å². The molecule has 0 saturated heterocycles. The molecule has 1 atom stereocenters. The largest absolute Gasteiger partial charge is 0.477 e. The number of benzene rings is 3. The molecule has 3 aromatic carbocycles. The van der Waals surface area contributed by atoms with Crippen molar-refractivity contribution in [2.45, 2.75) is 12.6 Å². The van der Waals surface area contributed by atoms with Crippen LogP contribution in [-0.2, 0) is 21.4 Å². The third-order valence-electron chi connectivity index (χ3n) is 6.19. The first-order chi connectivity index (χ1) is 17.7. The second kappa shape index (κ2) is 9.87. The lowest BCUT2D eigenvalue weighted by Gasteiger charge is -2.34. The van der Waals surface area contributed by atoms with Crippen LogP contribution in [0.5, 0.6) is 5.75 Å². The van der Waals surface area contributed by atoms with Crippen molar-refractivity contribution in [2.75, 3.05) is 29.1 Å². The van der Waals surface area contributed by atoms with Crippen molar-refractivity contribution < 1.29 is 22.7 Å². The van der Waals surface area contributed by atoms with Crippen LogP contribution in [0, 0.1) is 0 Å². The molecule has 4 aromatic rings. The summed E-state index contributed by atoms with van der Waals surface area (Å²) in [5.41, 5.74) is 2.07. The second-order valence-electron chi connectivity index (χ2n) is 8.76. The third-order valence-corrected chi connectivity index (χ3v) is 8.50. The molecule has 1 aromatic heterocycles. The maximum Gasteiger partial charge on any atom is 0.268 e. The van der Waals surface area contributed by atoms with Crippen LogP contribution in [0.3, 0.4) is 0 Å². The van der Waals surface area contributed by atoms with Crippen LogP contribution in [0.2, 0.25) is 0 Å². The highest BCUT2D eigenvalue weighted by molar-refractivity contribution is 7.92. The Kier molecular flexibility index (Phi) is 6.61. The van der Waals surface area contributed by atoms with Gasteiger partial charge in [-0.15, -0.1) is 11.3 Å². The number of para-hydroxylation sites is 2. The summed E-state index contributed by atoms with van der Waals surface area (Å²) in [6.07, 6.45) is 0.272. The van der Waals surface area contributed by atoms with Crippen LogP contribution in [0.1, 0.15) is 15.2 Å². The summed E-state index contributed by atoms with van der Waals surface area (Å²) < 4.78 is 31.9. The Bertz CT molecular complexity index is 1580. The zero-order chi connectivity index (χ0) is 26.2. The number of sulfonamides is 1. The lowest BCUT2D eigenvalue weighted by Crippen LogP contribution is -2.50. The summed E-state index contributed by atoms with van der Waals surface area (Å²) in [4.78, 5) is 28.7. The molecule has 0 saturated carbocycles. The number of hydrogen-bond acceptors (Lipinski definition) is 6. The van der Waals surface area contributed by atoms with E-state index in [-0.39, 0.29) is 18.4 Å². The Morgan fingerprint density at radius 2 is 1.78 bits per heavy atom. The van der Waals surface area contributed by atoms with Gasteiger partial charge in [0.1, 0.15) is 5.75 Å². The zero-order valence-corrected chi connectivity index (χ0v) is 21.9. The number of nitrogens with one attached hydrogen (secondary N) is 1. The van der Waals surface area contributed by atoms with Crippen molar-refractivity contribution in [1.82, 2.24) is 5.32 Å². The van der Waals surface area contributed by atoms with Gasteiger partial charge in [-0.3, -0.25) is 18.8 Å². The molecule has 10 heteroatoms. The second-order valence-corrected chi connectivity index (χ2v) is 11.9. The van der Waals surface area contributed by atoms with Gasteiger partial charge in [-0.05, 0) is 47.3 Å². The topological polar surface area (TPSA) is 96.0 Å². The third kappa shape index (κ3) is 5.16. The van der Waals surface area contributed by atoms with Crippen molar-refractivity contribution in [1.29, 1.82) is 0 Å². The fourth-order valence-corrected chi connectivity index (χ4v) is 5.61. The van der Waals surface area contributed by atoms with Crippen molar-refractivity contribution in [3.63, 3.8) is 0 Å². The van der Waals surface area contributed by atoms with Gasteiger partial charge in [0, 0.05) is 18.3 Å². The van der Waals surface area contributed by atoms with Crippen LogP contribution in [-0.4, -0.2) is 46.2 Å². The Hall–Kier alpha value is -3.89. The zero-order valence-electron chi connectivity index (χ0n) is 20.2. The number of anilines is 2. The summed E-state index contributed by atoms with van der Waals surface area (Å²) in [6.45, 7) is 0.419. The maximum absolute atomic E-state index is 13.7. The predicted octanol–water partition coefficient (Wildman–Crippen LogP) is 4.02. The van der Waals surface area contributed by atoms with Crippen LogP contribution < -0.4 is 19.3 Å². The Balaban J connectivity index is 1.40. The maximum atomic E-state index is 13.7. The van der Waals surface area contributed by atoms with Gasteiger partial charge in [0.2, 0.25) is 10.0 Å². The lowest BCUT2D eigenvalue weighted by atomic mass is 10.1. The van der Waals surface area contributed by atoms with E-state index in [2.05, 4.69) is 5.32 Å². The standard InChI is InChI=1S/C27H25N3O5S2/c1-29(37(2,33)34)20-12-13-24-19(14-20)15-25(36-24)27(32)30-17-23(35-22-11-7-6-10-21(22)30)26(31)28-16-18-8-4-3-5-9-18/h3-15,23H,16-17H2,1-2H3,(H,28,31)/t23-/m1/s1. The number of amides is 2. The van der Waals surface area contributed by atoms with E-state index >= 15 is 0 Å². The molecule has 0 spiro atoms. The molecule has 37 heavy (non-hydrogen) atoms. The summed E-state index contributed by atoms with van der Waals surface area (Å²) >= 11 is 1.32. The number of ether oxygens (including phenoxy) is 1. The number of nitrogens with zero attached hydrogens (tertiary/aromatic N) is 2. The SMILES string of the molecule is CN(c1ccc2sc(C(=O)N3C[C@H](C(=O)NCc4ccccc4)Oc4ccccc43)cc2c1)S(C)(=O)=O. The van der Waals surface area contributed by atoms with E-state index in [0.717, 1.165) is 21.9 Å². The number of carbonyl (C=O) groups is 2. The van der Waals surface area contributed by atoms with E-state index in [4.69, 9.17) is 4.74 Å². The quantitative estimate of drug-likeness (QED) is 0.402. The van der Waals surface area contributed by atoms with E-state index in [9.17, 15) is 18.0 Å². The van der Waals surface area contributed by atoms with Gasteiger partial charge in [0.05, 0.1) is 29.1 Å². The first-order valence-electron chi connectivity index (χ1n) is 11.6. The van der Waals surface area contributed by atoms with Gasteiger partial charge in [-0.25, -0.2) is 8.42 Å². The number of rotatable bonds is 6. The van der Waals surface area contributed by atoms with Gasteiger partial charge in [0.15, 0.2) is 6.10 Å². The highest BCUT2D eigenvalue weighted by Gasteiger charge is 2.34. The molecule has 8 nitrogen and oxygen atoms in total. The molecule has 0 fully saturated rings. The molecule has 0 radical (unpaired) electrons. The van der Waals surface area contributed by atoms with Crippen LogP contribution >= 0.6 is 11.3 Å². The van der Waals surface area contributed by atoms with Crippen molar-refractivity contribution >= 4 is 54.6 Å². The Morgan fingerprint density at radius 3 is 2.54 bits per heavy atom. The summed E-state index contributed by atoms with van der Waals surface area (Å²) in [5.74, 6) is -0.100. The molecule has 2 amide bonds. The van der Waals surface area contributed by atoms with Crippen LogP contribution in [0.25, 0.3) is 10.1 Å². The Labute approximate surface area is 219 Å². The van der Waals surface area contributed by atoms with E-state index in [0.29, 0.717) is 28.5 Å². The summed E-state index contributed by atoms with van der Waals surface area (Å²) in [7, 11) is -1.92. The van der Waals surface area contributed by atoms with Crippen molar-refractivity contribution in [2.24, 2.45) is 0 Å². The fourth-order valence-electron chi connectivity index (χ4n) is 4.12. The molecule has 190 valence electrons. The van der Waals surface area contributed by atoms with Crippen molar-refractivity contribution in [3.8, 4) is 5.75 Å². The highest BCUT2D eigenvalue weighted by atomic mass is 32.2. The van der Waals surface area contributed by atoms with Gasteiger partial charge < -0.3 is 10.1 Å². The molecule has 1 aliphatic heterocycles. The lowest BCUT2D eigenvalue weighted by molar-refractivity contribution is -0.127. The molecule has 1 aliphatic rings. The molecule has 1 N–H and O–H groups in total. The highest BCUT2D eigenvalue weighted by Crippen LogP contribution is 2.36. The average Bonchev–Trinajstić information content (AvgIpc) is 3.34. The van der Waals surface area contributed by atoms with E-state index in [1.807, 2.05) is 36.4 Å². The first-order valence-corrected chi connectivity index (χ1v) is 14.2. The molecular weight excluding hydrogens is 510 g/mol. The van der Waals surface area contributed by atoms with Crippen molar-refractivity contribution in [3.05, 3.63) is 89.3 Å². The summed E-state index contributed by atoms with van der Waals surface area (Å²) in [6, 6.07) is 23.7. The van der Waals surface area contributed by atoms with Gasteiger partial charge in [-0.1, -0.05) is 42.5 Å². The smallest absolute Gasteiger partial charge is 0.268 e. The van der Waals surface area contributed by atoms with E-state index < -0.39 is 16.1 Å². The van der Waals surface area contributed by atoms with Crippen LogP contribution in [0.15, 0.2) is 78.9 Å². The average molecular weight is 536 g/mol. The normalized spacial score (nSPS) is 15.1. The number of carbonyl (C=O) groups excluding carboxylic acids is 2. The number of thiophene rings is 1. The minimum absolute atomic E-state index is 0.0623. The van der Waals surface area contributed by atoms with Gasteiger partial charge in [0.25, 0.3) is 11.8 Å². The van der Waals surface area contributed by atoms with E-state index in [1.54, 1.807) is 47.4 Å². The minimum Gasteiger partial charge on any atom is -0.477 e. The molecule has 0 unspecified atom stereocenters.